The second kappa shape index (κ2) is 4.87. The van der Waals surface area contributed by atoms with Gasteiger partial charge < -0.3 is 15.4 Å². The van der Waals surface area contributed by atoms with Crippen LogP contribution in [0.25, 0.3) is 5.69 Å². The average Bonchev–Trinajstić information content (AvgIpc) is 2.80. The summed E-state index contributed by atoms with van der Waals surface area (Å²) in [7, 11) is 0. The normalized spacial score (nSPS) is 12.7. The van der Waals surface area contributed by atoms with E-state index in [0.29, 0.717) is 5.02 Å². The minimum atomic E-state index is -0.448. The Bertz CT molecular complexity index is 524. The zero-order valence-corrected chi connectivity index (χ0v) is 10.2. The van der Waals surface area contributed by atoms with Crippen molar-refractivity contribution in [3.63, 3.8) is 0 Å². The van der Waals surface area contributed by atoms with Gasteiger partial charge in [0.1, 0.15) is 0 Å². The Kier molecular flexibility index (Phi) is 3.47. The second-order valence-electron chi connectivity index (χ2n) is 3.86. The topological polar surface area (TPSA) is 64.1 Å². The third-order valence-corrected chi connectivity index (χ3v) is 3.15. The minimum Gasteiger partial charge on any atom is -0.394 e. The number of benzene rings is 1. The monoisotopic (exact) mass is 251 g/mol. The van der Waals surface area contributed by atoms with Crippen LogP contribution >= 0.6 is 11.6 Å². The van der Waals surface area contributed by atoms with Crippen molar-refractivity contribution < 1.29 is 5.11 Å². The van der Waals surface area contributed by atoms with Gasteiger partial charge in [0.2, 0.25) is 0 Å². The lowest BCUT2D eigenvalue weighted by Gasteiger charge is -2.15. The number of nitrogens with two attached hydrogens (primary N) is 1. The molecule has 2 rings (SSSR count). The fourth-order valence-electron chi connectivity index (χ4n) is 1.73. The van der Waals surface area contributed by atoms with Crippen molar-refractivity contribution in [1.29, 1.82) is 0 Å². The Balaban J connectivity index is 2.54. The molecule has 1 atom stereocenters. The summed E-state index contributed by atoms with van der Waals surface area (Å²) in [5.74, 6) is 0. The Morgan fingerprint density at radius 2 is 2.29 bits per heavy atom. The molecule has 0 aliphatic carbocycles. The number of hydrogen-bond acceptors (Lipinski definition) is 3. The fourth-order valence-corrected chi connectivity index (χ4v) is 1.90. The van der Waals surface area contributed by atoms with Gasteiger partial charge in [-0.05, 0) is 24.6 Å². The van der Waals surface area contributed by atoms with E-state index in [-0.39, 0.29) is 6.61 Å². The van der Waals surface area contributed by atoms with Crippen molar-refractivity contribution >= 4 is 11.6 Å². The largest absolute Gasteiger partial charge is 0.394 e. The first-order valence-corrected chi connectivity index (χ1v) is 5.67. The zero-order valence-electron chi connectivity index (χ0n) is 9.47. The van der Waals surface area contributed by atoms with E-state index in [1.54, 1.807) is 12.5 Å². The van der Waals surface area contributed by atoms with Gasteiger partial charge in [-0.2, -0.15) is 0 Å². The lowest BCUT2D eigenvalue weighted by Crippen LogP contribution is -2.18. The molecule has 0 saturated carbocycles. The molecule has 17 heavy (non-hydrogen) atoms. The van der Waals surface area contributed by atoms with E-state index in [0.717, 1.165) is 16.9 Å². The summed E-state index contributed by atoms with van der Waals surface area (Å²) >= 11 is 6.08. The molecule has 0 spiro atoms. The van der Waals surface area contributed by atoms with Crippen molar-refractivity contribution in [3.05, 3.63) is 47.0 Å². The van der Waals surface area contributed by atoms with Crippen LogP contribution in [0, 0.1) is 6.92 Å². The van der Waals surface area contributed by atoms with Gasteiger partial charge in [0.15, 0.2) is 0 Å². The van der Waals surface area contributed by atoms with Crippen molar-refractivity contribution in [2.45, 2.75) is 13.0 Å². The summed E-state index contributed by atoms with van der Waals surface area (Å²) in [6.45, 7) is 1.82. The maximum Gasteiger partial charge on any atom is 0.0994 e. The third-order valence-electron chi connectivity index (χ3n) is 2.74. The van der Waals surface area contributed by atoms with Crippen LogP contribution in [0.2, 0.25) is 5.02 Å². The van der Waals surface area contributed by atoms with Gasteiger partial charge in [-0.25, -0.2) is 4.98 Å². The Hall–Kier alpha value is -1.36. The number of rotatable bonds is 3. The first-order chi connectivity index (χ1) is 8.15. The maximum absolute atomic E-state index is 9.11. The van der Waals surface area contributed by atoms with Crippen LogP contribution < -0.4 is 5.73 Å². The predicted molar refractivity (Wildman–Crippen MR) is 67.3 cm³/mol. The van der Waals surface area contributed by atoms with Crippen molar-refractivity contribution in [2.75, 3.05) is 6.61 Å². The standard InChI is InChI=1S/C12H14ClN3O/c1-8-9(13)3-2-4-11(8)16-7-15-5-12(16)10(14)6-17/h2-5,7,10,17H,6,14H2,1H3. The van der Waals surface area contributed by atoms with Crippen LogP contribution in [-0.2, 0) is 0 Å². The fraction of sp³-hybridized carbons (Fsp3) is 0.250. The van der Waals surface area contributed by atoms with E-state index < -0.39 is 6.04 Å². The van der Waals surface area contributed by atoms with Crippen molar-refractivity contribution in [2.24, 2.45) is 5.73 Å². The number of aliphatic hydroxyl groups is 1. The molecule has 0 aliphatic heterocycles. The smallest absolute Gasteiger partial charge is 0.0994 e. The van der Waals surface area contributed by atoms with E-state index in [9.17, 15) is 0 Å². The van der Waals surface area contributed by atoms with Gasteiger partial charge in [-0.1, -0.05) is 17.7 Å². The molecule has 0 radical (unpaired) electrons. The lowest BCUT2D eigenvalue weighted by molar-refractivity contribution is 0.265. The third kappa shape index (κ3) is 2.20. The maximum atomic E-state index is 9.11. The average molecular weight is 252 g/mol. The van der Waals surface area contributed by atoms with Crippen LogP contribution in [0.1, 0.15) is 17.3 Å². The summed E-state index contributed by atoms with van der Waals surface area (Å²) in [5, 5.41) is 9.80. The molecular weight excluding hydrogens is 238 g/mol. The molecule has 1 unspecified atom stereocenters. The highest BCUT2D eigenvalue weighted by molar-refractivity contribution is 6.31. The number of nitrogens with zero attached hydrogens (tertiary/aromatic N) is 2. The Labute approximate surface area is 105 Å². The highest BCUT2D eigenvalue weighted by Gasteiger charge is 2.13. The van der Waals surface area contributed by atoms with Crippen molar-refractivity contribution in [1.82, 2.24) is 9.55 Å². The quantitative estimate of drug-likeness (QED) is 0.875. The van der Waals surface area contributed by atoms with Crippen LogP contribution in [0.15, 0.2) is 30.7 Å². The zero-order chi connectivity index (χ0) is 12.4. The van der Waals surface area contributed by atoms with Crippen LogP contribution in [0.3, 0.4) is 0 Å². The molecule has 0 amide bonds. The van der Waals surface area contributed by atoms with Gasteiger partial charge in [0.25, 0.3) is 0 Å². The highest BCUT2D eigenvalue weighted by atomic mass is 35.5. The summed E-state index contributed by atoms with van der Waals surface area (Å²) in [6, 6.07) is 5.20. The molecule has 1 heterocycles. The van der Waals surface area contributed by atoms with Crippen molar-refractivity contribution in [3.8, 4) is 5.69 Å². The summed E-state index contributed by atoms with van der Waals surface area (Å²) in [6.07, 6.45) is 3.32. The molecule has 0 saturated heterocycles. The molecule has 5 heteroatoms. The van der Waals surface area contributed by atoms with Gasteiger partial charge >= 0.3 is 0 Å². The molecule has 3 N–H and O–H groups in total. The lowest BCUT2D eigenvalue weighted by atomic mass is 10.1. The van der Waals surface area contributed by atoms with Gasteiger partial charge in [-0.15, -0.1) is 0 Å². The van der Waals surface area contributed by atoms with E-state index in [2.05, 4.69) is 4.98 Å². The molecule has 90 valence electrons. The Morgan fingerprint density at radius 3 is 3.00 bits per heavy atom. The first-order valence-electron chi connectivity index (χ1n) is 5.29. The number of hydrogen-bond donors (Lipinski definition) is 2. The number of aromatic nitrogens is 2. The minimum absolute atomic E-state index is 0.120. The molecule has 1 aromatic heterocycles. The first kappa shape index (κ1) is 12.1. The molecule has 1 aromatic carbocycles. The SMILES string of the molecule is Cc1c(Cl)cccc1-n1cncc1C(N)CO. The van der Waals surface area contributed by atoms with Crippen LogP contribution in [-0.4, -0.2) is 21.3 Å². The number of imidazole rings is 1. The van der Waals surface area contributed by atoms with E-state index in [4.69, 9.17) is 22.4 Å². The predicted octanol–water partition coefficient (Wildman–Crippen LogP) is 1.83. The van der Waals surface area contributed by atoms with E-state index in [1.807, 2.05) is 29.7 Å². The molecule has 0 aliphatic rings. The van der Waals surface area contributed by atoms with E-state index in [1.165, 1.54) is 0 Å². The highest BCUT2D eigenvalue weighted by Crippen LogP contribution is 2.24. The molecule has 2 aromatic rings. The van der Waals surface area contributed by atoms with Gasteiger partial charge in [0, 0.05) is 5.02 Å². The number of halogens is 1. The molecule has 4 nitrogen and oxygen atoms in total. The molecular formula is C12H14ClN3O. The van der Waals surface area contributed by atoms with Crippen LogP contribution in [0.5, 0.6) is 0 Å². The summed E-state index contributed by atoms with van der Waals surface area (Å²) in [4.78, 5) is 4.07. The van der Waals surface area contributed by atoms with Gasteiger partial charge in [-0.3, -0.25) is 0 Å². The molecule has 0 bridgehead atoms. The summed E-state index contributed by atoms with van der Waals surface area (Å²) in [5.41, 5.74) is 8.46. The Morgan fingerprint density at radius 1 is 1.53 bits per heavy atom. The van der Waals surface area contributed by atoms with E-state index >= 15 is 0 Å². The van der Waals surface area contributed by atoms with Crippen LogP contribution in [0.4, 0.5) is 0 Å². The molecule has 0 fully saturated rings. The second-order valence-corrected chi connectivity index (χ2v) is 4.27. The number of aliphatic hydroxyl groups excluding tert-OH is 1. The van der Waals surface area contributed by atoms with Gasteiger partial charge in [0.05, 0.1) is 36.6 Å². The summed E-state index contributed by atoms with van der Waals surface area (Å²) < 4.78 is 1.85.